The van der Waals surface area contributed by atoms with E-state index in [-0.39, 0.29) is 12.5 Å². The summed E-state index contributed by atoms with van der Waals surface area (Å²) in [4.78, 5) is 13.6. The third-order valence-electron chi connectivity index (χ3n) is 3.33. The Morgan fingerprint density at radius 3 is 2.65 bits per heavy atom. The van der Waals surface area contributed by atoms with E-state index in [4.69, 9.17) is 0 Å². The van der Waals surface area contributed by atoms with Gasteiger partial charge in [0.2, 0.25) is 5.91 Å². The Bertz CT molecular complexity index is 487. The molecule has 20 heavy (non-hydrogen) atoms. The van der Waals surface area contributed by atoms with Crippen molar-refractivity contribution >= 4 is 5.91 Å². The molecule has 0 aliphatic carbocycles. The topological polar surface area (TPSA) is 44.4 Å². The summed E-state index contributed by atoms with van der Waals surface area (Å²) in [6.45, 7) is 1.90. The van der Waals surface area contributed by atoms with Crippen LogP contribution in [-0.4, -0.2) is 43.5 Å². The fourth-order valence-corrected chi connectivity index (χ4v) is 2.29. The number of nitrogens with zero attached hydrogens (tertiary/aromatic N) is 1. The summed E-state index contributed by atoms with van der Waals surface area (Å²) in [5, 5.41) is 5.64. The Kier molecular flexibility index (Phi) is 4.61. The maximum absolute atomic E-state index is 13.2. The van der Waals surface area contributed by atoms with Gasteiger partial charge in [-0.3, -0.25) is 9.69 Å². The van der Waals surface area contributed by atoms with E-state index < -0.39 is 23.5 Å². The number of halogens is 3. The molecule has 0 spiro atoms. The molecule has 1 amide bonds. The van der Waals surface area contributed by atoms with Gasteiger partial charge in [0.25, 0.3) is 0 Å². The van der Waals surface area contributed by atoms with Crippen LogP contribution < -0.4 is 10.6 Å². The van der Waals surface area contributed by atoms with E-state index >= 15 is 0 Å². The van der Waals surface area contributed by atoms with Crippen molar-refractivity contribution in [3.05, 3.63) is 35.1 Å². The maximum atomic E-state index is 13.2. The van der Waals surface area contributed by atoms with Crippen LogP contribution in [0.15, 0.2) is 12.1 Å². The minimum atomic E-state index is -1.48. The van der Waals surface area contributed by atoms with Crippen LogP contribution in [0.3, 0.4) is 0 Å². The number of hydrogen-bond acceptors (Lipinski definition) is 3. The first-order valence-corrected chi connectivity index (χ1v) is 6.32. The van der Waals surface area contributed by atoms with Crippen molar-refractivity contribution in [2.24, 2.45) is 0 Å². The summed E-state index contributed by atoms with van der Waals surface area (Å²) in [6.07, 6.45) is 0. The number of amides is 1. The van der Waals surface area contributed by atoms with E-state index in [2.05, 4.69) is 10.6 Å². The molecule has 1 aliphatic rings. The van der Waals surface area contributed by atoms with Gasteiger partial charge in [0.05, 0.1) is 0 Å². The molecule has 1 aliphatic heterocycles. The Morgan fingerprint density at radius 2 is 2.05 bits per heavy atom. The molecule has 1 fully saturated rings. The number of benzene rings is 1. The van der Waals surface area contributed by atoms with Gasteiger partial charge in [0.15, 0.2) is 17.5 Å². The molecule has 2 rings (SSSR count). The maximum Gasteiger partial charge on any atom is 0.238 e. The fraction of sp³-hybridized carbons (Fsp3) is 0.462. The van der Waals surface area contributed by atoms with Gasteiger partial charge in [0, 0.05) is 33.2 Å². The van der Waals surface area contributed by atoms with Crippen molar-refractivity contribution in [2.45, 2.75) is 12.6 Å². The molecule has 0 saturated carbocycles. The molecule has 1 atom stereocenters. The van der Waals surface area contributed by atoms with Gasteiger partial charge in [-0.15, -0.1) is 0 Å². The molecule has 7 heteroatoms. The zero-order valence-corrected chi connectivity index (χ0v) is 11.0. The summed E-state index contributed by atoms with van der Waals surface area (Å²) in [5.41, 5.74) is 0.303. The lowest BCUT2D eigenvalue weighted by Gasteiger charge is -2.34. The van der Waals surface area contributed by atoms with Gasteiger partial charge in [-0.25, -0.2) is 13.2 Å². The third kappa shape index (κ3) is 3.10. The van der Waals surface area contributed by atoms with Crippen molar-refractivity contribution in [1.82, 2.24) is 15.5 Å². The lowest BCUT2D eigenvalue weighted by molar-refractivity contribution is -0.126. The van der Waals surface area contributed by atoms with Crippen LogP contribution in [-0.2, 0) is 11.3 Å². The molecule has 4 nitrogen and oxygen atoms in total. The number of nitrogens with one attached hydrogen (secondary N) is 2. The smallest absolute Gasteiger partial charge is 0.238 e. The van der Waals surface area contributed by atoms with Crippen molar-refractivity contribution in [3.8, 4) is 0 Å². The van der Waals surface area contributed by atoms with Crippen LogP contribution in [0.5, 0.6) is 0 Å². The number of carbonyl (C=O) groups excluding carboxylic acids is 1. The number of carbonyl (C=O) groups is 1. The van der Waals surface area contributed by atoms with Gasteiger partial charge in [-0.1, -0.05) is 0 Å². The van der Waals surface area contributed by atoms with Crippen LogP contribution in [0.1, 0.15) is 5.56 Å². The zero-order chi connectivity index (χ0) is 14.7. The molecule has 1 aromatic rings. The molecule has 1 saturated heterocycles. The second-order valence-electron chi connectivity index (χ2n) is 4.68. The van der Waals surface area contributed by atoms with Gasteiger partial charge in [-0.2, -0.15) is 0 Å². The summed E-state index contributed by atoms with van der Waals surface area (Å²) in [7, 11) is 1.53. The Labute approximate surface area is 114 Å². The fourth-order valence-electron chi connectivity index (χ4n) is 2.29. The van der Waals surface area contributed by atoms with Crippen LogP contribution >= 0.6 is 0 Å². The average Bonchev–Trinajstić information content (AvgIpc) is 2.44. The van der Waals surface area contributed by atoms with E-state index in [1.54, 1.807) is 4.90 Å². The van der Waals surface area contributed by atoms with Gasteiger partial charge >= 0.3 is 0 Å². The predicted molar refractivity (Wildman–Crippen MR) is 67.5 cm³/mol. The molecule has 1 heterocycles. The SMILES string of the molecule is CNC(=O)C1CNCCN1Cc1cc(F)c(F)c(F)c1. The first kappa shape index (κ1) is 14.8. The van der Waals surface area contributed by atoms with Crippen LogP contribution in [0.4, 0.5) is 13.2 Å². The van der Waals surface area contributed by atoms with E-state index in [0.29, 0.717) is 25.2 Å². The van der Waals surface area contributed by atoms with Crippen molar-refractivity contribution in [1.29, 1.82) is 0 Å². The molecular formula is C13H16F3N3O. The lowest BCUT2D eigenvalue weighted by Crippen LogP contribution is -2.56. The quantitative estimate of drug-likeness (QED) is 0.801. The minimum Gasteiger partial charge on any atom is -0.358 e. The minimum absolute atomic E-state index is 0.166. The number of piperazine rings is 1. The Morgan fingerprint density at radius 1 is 1.40 bits per heavy atom. The van der Waals surface area contributed by atoms with Crippen LogP contribution in [0, 0.1) is 17.5 Å². The standard InChI is InChI=1S/C13H16F3N3O/c1-17-13(20)11-6-18-2-3-19(11)7-8-4-9(14)12(16)10(15)5-8/h4-5,11,18H,2-3,6-7H2,1H3,(H,17,20). The molecule has 0 radical (unpaired) electrons. The molecular weight excluding hydrogens is 271 g/mol. The van der Waals surface area contributed by atoms with Gasteiger partial charge in [0.1, 0.15) is 6.04 Å². The van der Waals surface area contributed by atoms with Crippen LogP contribution in [0.2, 0.25) is 0 Å². The van der Waals surface area contributed by atoms with Crippen molar-refractivity contribution < 1.29 is 18.0 Å². The van der Waals surface area contributed by atoms with E-state index in [1.807, 2.05) is 0 Å². The van der Waals surface area contributed by atoms with E-state index in [1.165, 1.54) is 7.05 Å². The number of likely N-dealkylation sites (N-methyl/N-ethyl adjacent to an activating group) is 1. The second-order valence-corrected chi connectivity index (χ2v) is 4.68. The normalized spacial score (nSPS) is 19.9. The Balaban J connectivity index is 2.16. The number of hydrogen-bond donors (Lipinski definition) is 2. The molecule has 1 aromatic carbocycles. The Hall–Kier alpha value is -1.60. The highest BCUT2D eigenvalue weighted by atomic mass is 19.2. The highest BCUT2D eigenvalue weighted by molar-refractivity contribution is 5.81. The zero-order valence-electron chi connectivity index (χ0n) is 11.0. The molecule has 1 unspecified atom stereocenters. The molecule has 2 N–H and O–H groups in total. The van der Waals surface area contributed by atoms with Crippen molar-refractivity contribution in [2.75, 3.05) is 26.7 Å². The average molecular weight is 287 g/mol. The number of rotatable bonds is 3. The highest BCUT2D eigenvalue weighted by Crippen LogP contribution is 2.17. The monoisotopic (exact) mass is 287 g/mol. The van der Waals surface area contributed by atoms with Gasteiger partial charge < -0.3 is 10.6 Å². The first-order valence-electron chi connectivity index (χ1n) is 6.32. The largest absolute Gasteiger partial charge is 0.358 e. The molecule has 0 aromatic heterocycles. The predicted octanol–water partition coefficient (Wildman–Crippen LogP) is 0.624. The summed E-state index contributed by atoms with van der Waals surface area (Å²) < 4.78 is 39.3. The first-order chi connectivity index (χ1) is 9.52. The lowest BCUT2D eigenvalue weighted by atomic mass is 10.1. The van der Waals surface area contributed by atoms with E-state index in [0.717, 1.165) is 12.1 Å². The van der Waals surface area contributed by atoms with Crippen molar-refractivity contribution in [3.63, 3.8) is 0 Å². The van der Waals surface area contributed by atoms with Gasteiger partial charge in [-0.05, 0) is 17.7 Å². The third-order valence-corrected chi connectivity index (χ3v) is 3.33. The molecule has 0 bridgehead atoms. The molecule has 110 valence electrons. The highest BCUT2D eigenvalue weighted by Gasteiger charge is 2.28. The van der Waals surface area contributed by atoms with Crippen LogP contribution in [0.25, 0.3) is 0 Å². The summed E-state index contributed by atoms with van der Waals surface area (Å²) in [5.74, 6) is -4.07. The van der Waals surface area contributed by atoms with E-state index in [9.17, 15) is 18.0 Å². The summed E-state index contributed by atoms with van der Waals surface area (Å²) >= 11 is 0. The summed E-state index contributed by atoms with van der Waals surface area (Å²) in [6, 6.07) is 1.51. The second kappa shape index (κ2) is 6.23.